The molecular weight excluding hydrogens is 368 g/mol. The Morgan fingerprint density at radius 2 is 1.58 bits per heavy atom. The smallest absolute Gasteiger partial charge is 0.119 e. The van der Waals surface area contributed by atoms with Crippen molar-refractivity contribution in [2.75, 3.05) is 11.9 Å². The number of halogens is 2. The van der Waals surface area contributed by atoms with E-state index in [0.29, 0.717) is 0 Å². The van der Waals surface area contributed by atoms with Crippen molar-refractivity contribution >= 4 is 31.9 Å². The van der Waals surface area contributed by atoms with Crippen molar-refractivity contribution in [2.45, 2.75) is 51.9 Å². The lowest BCUT2D eigenvalue weighted by Crippen LogP contribution is -1.97. The summed E-state index contributed by atoms with van der Waals surface area (Å²) in [5.74, 6) is 0.984. The van der Waals surface area contributed by atoms with E-state index in [2.05, 4.69) is 50.9 Å². The van der Waals surface area contributed by atoms with E-state index < -0.39 is 0 Å². The van der Waals surface area contributed by atoms with Crippen LogP contribution in [0.15, 0.2) is 22.7 Å². The van der Waals surface area contributed by atoms with Crippen molar-refractivity contribution in [3.05, 3.63) is 28.2 Å². The predicted octanol–water partition coefficient (Wildman–Crippen LogP) is 6.26. The van der Waals surface area contributed by atoms with Gasteiger partial charge in [0.1, 0.15) is 5.75 Å². The van der Waals surface area contributed by atoms with Gasteiger partial charge in [-0.3, -0.25) is 0 Å². The second-order valence-electron chi connectivity index (χ2n) is 4.92. The van der Waals surface area contributed by atoms with Crippen LogP contribution in [0.5, 0.6) is 5.75 Å². The van der Waals surface area contributed by atoms with Gasteiger partial charge in [-0.2, -0.15) is 0 Å². The van der Waals surface area contributed by atoms with Gasteiger partial charge >= 0.3 is 0 Å². The number of aryl methyl sites for hydroxylation is 1. The molecule has 108 valence electrons. The Hall–Kier alpha value is -0.0200. The third-order valence-electron chi connectivity index (χ3n) is 3.18. The average Bonchev–Trinajstić information content (AvgIpc) is 2.41. The van der Waals surface area contributed by atoms with Gasteiger partial charge < -0.3 is 4.74 Å². The number of rotatable bonds is 10. The predicted molar refractivity (Wildman–Crippen MR) is 90.5 cm³/mol. The molecule has 1 aromatic carbocycles. The molecular formula is C16H24Br2O. The fourth-order valence-corrected chi connectivity index (χ4v) is 2.62. The first kappa shape index (κ1) is 17.0. The van der Waals surface area contributed by atoms with Gasteiger partial charge in [-0.1, -0.05) is 64.0 Å². The molecule has 1 rings (SSSR count). The fourth-order valence-electron chi connectivity index (χ4n) is 1.98. The molecule has 0 aromatic heterocycles. The number of hydrogen-bond acceptors (Lipinski definition) is 1. The van der Waals surface area contributed by atoms with Crippen molar-refractivity contribution in [2.24, 2.45) is 0 Å². The van der Waals surface area contributed by atoms with Gasteiger partial charge in [0, 0.05) is 9.80 Å². The molecule has 0 unspecified atom stereocenters. The molecule has 19 heavy (non-hydrogen) atoms. The molecule has 3 heteroatoms. The van der Waals surface area contributed by atoms with Crippen LogP contribution in [0, 0.1) is 6.92 Å². The molecule has 0 aliphatic heterocycles. The second kappa shape index (κ2) is 10.7. The van der Waals surface area contributed by atoms with Crippen LogP contribution in [0.1, 0.15) is 50.5 Å². The van der Waals surface area contributed by atoms with Gasteiger partial charge in [0.2, 0.25) is 0 Å². The largest absolute Gasteiger partial charge is 0.494 e. The van der Waals surface area contributed by atoms with E-state index in [-0.39, 0.29) is 0 Å². The lowest BCUT2D eigenvalue weighted by molar-refractivity contribution is 0.304. The minimum Gasteiger partial charge on any atom is -0.494 e. The SMILES string of the molecule is Cc1cc(OCCCCCCCCCBr)ccc1Br. The minimum atomic E-state index is 0.836. The van der Waals surface area contributed by atoms with E-state index >= 15 is 0 Å². The van der Waals surface area contributed by atoms with Gasteiger partial charge in [-0.25, -0.2) is 0 Å². The highest BCUT2D eigenvalue weighted by Crippen LogP contribution is 2.21. The van der Waals surface area contributed by atoms with Crippen molar-refractivity contribution < 1.29 is 4.74 Å². The Morgan fingerprint density at radius 3 is 2.21 bits per heavy atom. The second-order valence-corrected chi connectivity index (χ2v) is 6.57. The van der Waals surface area contributed by atoms with Gasteiger partial charge in [0.05, 0.1) is 6.61 Å². The number of hydrogen-bond donors (Lipinski definition) is 0. The molecule has 0 aliphatic rings. The highest BCUT2D eigenvalue weighted by atomic mass is 79.9. The van der Waals surface area contributed by atoms with Crippen LogP contribution in [0.3, 0.4) is 0 Å². The van der Waals surface area contributed by atoms with Gasteiger partial charge in [-0.15, -0.1) is 0 Å². The van der Waals surface area contributed by atoms with Crippen LogP contribution in [-0.2, 0) is 0 Å². The molecule has 0 N–H and O–H groups in total. The van der Waals surface area contributed by atoms with Crippen LogP contribution in [0.4, 0.5) is 0 Å². The zero-order valence-electron chi connectivity index (χ0n) is 11.8. The number of unbranched alkanes of at least 4 members (excludes halogenated alkanes) is 6. The van der Waals surface area contributed by atoms with Crippen LogP contribution < -0.4 is 4.74 Å². The summed E-state index contributed by atoms with van der Waals surface area (Å²) < 4.78 is 6.90. The summed E-state index contributed by atoms with van der Waals surface area (Å²) in [6, 6.07) is 6.16. The molecule has 0 atom stereocenters. The molecule has 1 nitrogen and oxygen atoms in total. The van der Waals surface area contributed by atoms with E-state index in [1.807, 2.05) is 6.07 Å². The first-order valence-electron chi connectivity index (χ1n) is 7.19. The Labute approximate surface area is 134 Å². The molecule has 1 aromatic rings. The first-order valence-corrected chi connectivity index (χ1v) is 9.10. The summed E-state index contributed by atoms with van der Waals surface area (Å²) in [6.07, 6.45) is 9.19. The lowest BCUT2D eigenvalue weighted by Gasteiger charge is -2.07. The molecule has 0 saturated carbocycles. The third-order valence-corrected chi connectivity index (χ3v) is 4.63. The quantitative estimate of drug-likeness (QED) is 0.337. The van der Waals surface area contributed by atoms with E-state index in [1.54, 1.807) is 0 Å². The summed E-state index contributed by atoms with van der Waals surface area (Å²) in [4.78, 5) is 0. The molecule has 0 heterocycles. The zero-order chi connectivity index (χ0) is 13.9. The van der Waals surface area contributed by atoms with Crippen LogP contribution in [-0.4, -0.2) is 11.9 Å². The van der Waals surface area contributed by atoms with Gasteiger partial charge in [0.15, 0.2) is 0 Å². The van der Waals surface area contributed by atoms with Crippen LogP contribution in [0.25, 0.3) is 0 Å². The fraction of sp³-hybridized carbons (Fsp3) is 0.625. The Balaban J connectivity index is 2.00. The Kier molecular flexibility index (Phi) is 9.62. The maximum atomic E-state index is 5.76. The van der Waals surface area contributed by atoms with Gasteiger partial charge in [-0.05, 0) is 43.5 Å². The molecule has 0 aliphatic carbocycles. The summed E-state index contributed by atoms with van der Waals surface area (Å²) in [5.41, 5.74) is 1.23. The van der Waals surface area contributed by atoms with E-state index in [4.69, 9.17) is 4.74 Å². The number of benzene rings is 1. The monoisotopic (exact) mass is 390 g/mol. The van der Waals surface area contributed by atoms with Crippen molar-refractivity contribution in [1.29, 1.82) is 0 Å². The molecule has 0 radical (unpaired) electrons. The number of alkyl halides is 1. The molecule has 0 spiro atoms. The average molecular weight is 392 g/mol. The third kappa shape index (κ3) is 7.98. The molecule has 0 fully saturated rings. The first-order chi connectivity index (χ1) is 9.24. The van der Waals surface area contributed by atoms with Crippen molar-refractivity contribution in [3.63, 3.8) is 0 Å². The van der Waals surface area contributed by atoms with E-state index in [9.17, 15) is 0 Å². The maximum Gasteiger partial charge on any atom is 0.119 e. The maximum absolute atomic E-state index is 5.76. The number of ether oxygens (including phenoxy) is 1. The highest BCUT2D eigenvalue weighted by Gasteiger charge is 1.98. The lowest BCUT2D eigenvalue weighted by atomic mass is 10.1. The summed E-state index contributed by atoms with van der Waals surface area (Å²) in [7, 11) is 0. The van der Waals surface area contributed by atoms with Crippen molar-refractivity contribution in [3.8, 4) is 5.75 Å². The molecule has 0 bridgehead atoms. The highest BCUT2D eigenvalue weighted by molar-refractivity contribution is 9.10. The van der Waals surface area contributed by atoms with Crippen molar-refractivity contribution in [1.82, 2.24) is 0 Å². The van der Waals surface area contributed by atoms with E-state index in [0.717, 1.165) is 28.6 Å². The molecule has 0 saturated heterocycles. The van der Waals surface area contributed by atoms with Gasteiger partial charge in [0.25, 0.3) is 0 Å². The normalized spacial score (nSPS) is 10.7. The Bertz CT molecular complexity index is 353. The standard InChI is InChI=1S/C16H24Br2O/c1-14-13-15(9-10-16(14)18)19-12-8-6-4-2-3-5-7-11-17/h9-10,13H,2-8,11-12H2,1H3. The van der Waals surface area contributed by atoms with Crippen LogP contribution >= 0.6 is 31.9 Å². The van der Waals surface area contributed by atoms with Crippen LogP contribution in [0.2, 0.25) is 0 Å². The van der Waals surface area contributed by atoms with E-state index in [1.165, 1.54) is 44.1 Å². The zero-order valence-corrected chi connectivity index (χ0v) is 14.9. The summed E-state index contributed by atoms with van der Waals surface area (Å²) >= 11 is 6.96. The summed E-state index contributed by atoms with van der Waals surface area (Å²) in [6.45, 7) is 2.92. The summed E-state index contributed by atoms with van der Waals surface area (Å²) in [5, 5.41) is 1.15. The topological polar surface area (TPSA) is 9.23 Å². The Morgan fingerprint density at radius 1 is 0.947 bits per heavy atom. The minimum absolute atomic E-state index is 0.836. The molecule has 0 amide bonds.